The van der Waals surface area contributed by atoms with E-state index in [1.807, 2.05) is 0 Å². The highest BCUT2D eigenvalue weighted by Gasteiger charge is 2.28. The molecule has 1 fully saturated rings. The van der Waals surface area contributed by atoms with Crippen molar-refractivity contribution in [2.75, 3.05) is 39.9 Å². The molecule has 0 radical (unpaired) electrons. The maximum Gasteiger partial charge on any atom is 0.191 e. The van der Waals surface area contributed by atoms with Gasteiger partial charge < -0.3 is 19.9 Å². The Balaban J connectivity index is 1.82. The van der Waals surface area contributed by atoms with Crippen LogP contribution in [0, 0.1) is 0 Å². The summed E-state index contributed by atoms with van der Waals surface area (Å²) in [5.74, 6) is 2.08. The molecule has 26 heavy (non-hydrogen) atoms. The average Bonchev–Trinajstić information content (AvgIpc) is 3.12. The number of guanidine groups is 1. The molecule has 0 amide bonds. The SMILES string of the molecule is CCC(CC)c1cc(CNC(=NC)NCC(C)(C)N2CCOCC2)on1. The van der Waals surface area contributed by atoms with Gasteiger partial charge in [-0.1, -0.05) is 19.0 Å². The van der Waals surface area contributed by atoms with E-state index >= 15 is 0 Å². The molecule has 148 valence electrons. The lowest BCUT2D eigenvalue weighted by Crippen LogP contribution is -2.56. The van der Waals surface area contributed by atoms with Crippen LogP contribution >= 0.6 is 0 Å². The molecule has 2 N–H and O–H groups in total. The second-order valence-electron chi connectivity index (χ2n) is 7.42. The zero-order valence-corrected chi connectivity index (χ0v) is 17.0. The average molecular weight is 366 g/mol. The fourth-order valence-electron chi connectivity index (χ4n) is 3.28. The van der Waals surface area contributed by atoms with Crippen LogP contribution in [-0.2, 0) is 11.3 Å². The van der Waals surface area contributed by atoms with Gasteiger partial charge in [-0.05, 0) is 26.7 Å². The minimum absolute atomic E-state index is 0.0380. The molecule has 0 bridgehead atoms. The van der Waals surface area contributed by atoms with Crippen molar-refractivity contribution < 1.29 is 9.26 Å². The molecule has 0 unspecified atom stereocenters. The lowest BCUT2D eigenvalue weighted by molar-refractivity contribution is -0.00834. The molecule has 0 aromatic carbocycles. The summed E-state index contributed by atoms with van der Waals surface area (Å²) in [6.45, 7) is 13.8. The minimum atomic E-state index is 0.0380. The molecule has 1 saturated heterocycles. The summed E-state index contributed by atoms with van der Waals surface area (Å²) >= 11 is 0. The molecule has 0 saturated carbocycles. The number of rotatable bonds is 8. The van der Waals surface area contributed by atoms with E-state index in [9.17, 15) is 0 Å². The van der Waals surface area contributed by atoms with Gasteiger partial charge in [0.25, 0.3) is 0 Å². The molecule has 1 aliphatic heterocycles. The Hall–Kier alpha value is -1.60. The third kappa shape index (κ3) is 5.71. The van der Waals surface area contributed by atoms with Crippen molar-refractivity contribution in [1.29, 1.82) is 0 Å². The molecule has 1 aromatic heterocycles. The number of nitrogens with zero attached hydrogens (tertiary/aromatic N) is 3. The predicted octanol–water partition coefficient (Wildman–Crippen LogP) is 2.35. The summed E-state index contributed by atoms with van der Waals surface area (Å²) in [5.41, 5.74) is 1.08. The van der Waals surface area contributed by atoms with Gasteiger partial charge in [0.1, 0.15) is 0 Å². The summed E-state index contributed by atoms with van der Waals surface area (Å²) in [6, 6.07) is 2.05. The van der Waals surface area contributed by atoms with E-state index in [1.165, 1.54) is 0 Å². The largest absolute Gasteiger partial charge is 0.379 e. The molecule has 0 aliphatic carbocycles. The Labute approximate surface area is 157 Å². The number of aromatic nitrogens is 1. The van der Waals surface area contributed by atoms with Gasteiger partial charge in [-0.3, -0.25) is 9.89 Å². The molecule has 2 heterocycles. The van der Waals surface area contributed by atoms with Crippen molar-refractivity contribution in [1.82, 2.24) is 20.7 Å². The molecular weight excluding hydrogens is 330 g/mol. The van der Waals surface area contributed by atoms with E-state index < -0.39 is 0 Å². The normalized spacial score (nSPS) is 16.9. The van der Waals surface area contributed by atoms with Crippen molar-refractivity contribution in [3.05, 3.63) is 17.5 Å². The highest BCUT2D eigenvalue weighted by atomic mass is 16.5. The summed E-state index contributed by atoms with van der Waals surface area (Å²) in [5, 5.41) is 10.9. The first kappa shape index (κ1) is 20.7. The third-order valence-corrected chi connectivity index (χ3v) is 5.19. The second-order valence-corrected chi connectivity index (χ2v) is 7.42. The zero-order chi connectivity index (χ0) is 19.0. The van der Waals surface area contributed by atoms with Gasteiger partial charge in [-0.15, -0.1) is 0 Å². The Bertz CT molecular complexity index is 560. The first-order chi connectivity index (χ1) is 12.5. The Morgan fingerprint density at radius 2 is 1.96 bits per heavy atom. The maximum absolute atomic E-state index is 5.47. The second kappa shape index (κ2) is 9.92. The molecule has 1 aliphatic rings. The van der Waals surface area contributed by atoms with Gasteiger partial charge in [-0.25, -0.2) is 0 Å². The quantitative estimate of drug-likeness (QED) is 0.544. The number of ether oxygens (including phenoxy) is 1. The first-order valence-electron chi connectivity index (χ1n) is 9.73. The van der Waals surface area contributed by atoms with Gasteiger partial charge in [-0.2, -0.15) is 0 Å². The molecule has 0 atom stereocenters. The monoisotopic (exact) mass is 365 g/mol. The van der Waals surface area contributed by atoms with Gasteiger partial charge in [0.15, 0.2) is 11.7 Å². The lowest BCUT2D eigenvalue weighted by Gasteiger charge is -2.41. The van der Waals surface area contributed by atoms with E-state index in [-0.39, 0.29) is 5.54 Å². The standard InChI is InChI=1S/C19H35N5O2/c1-6-15(7-2)17-12-16(26-23-17)13-21-18(20-5)22-14-19(3,4)24-8-10-25-11-9-24/h12,15H,6-11,13-14H2,1-5H3,(H2,20,21,22). The van der Waals surface area contributed by atoms with Gasteiger partial charge >= 0.3 is 0 Å². The minimum Gasteiger partial charge on any atom is -0.379 e. The molecule has 1 aromatic rings. The van der Waals surface area contributed by atoms with Crippen LogP contribution in [0.25, 0.3) is 0 Å². The molecule has 7 heteroatoms. The summed E-state index contributed by atoms with van der Waals surface area (Å²) in [6.07, 6.45) is 2.16. The number of aliphatic imine (C=N–C) groups is 1. The van der Waals surface area contributed by atoms with Crippen molar-refractivity contribution in [3.8, 4) is 0 Å². The first-order valence-corrected chi connectivity index (χ1v) is 9.73. The van der Waals surface area contributed by atoms with Gasteiger partial charge in [0.05, 0.1) is 25.5 Å². The van der Waals surface area contributed by atoms with Crippen LogP contribution in [0.2, 0.25) is 0 Å². The Morgan fingerprint density at radius 1 is 1.27 bits per heavy atom. The zero-order valence-electron chi connectivity index (χ0n) is 17.0. The predicted molar refractivity (Wildman–Crippen MR) is 104 cm³/mol. The fraction of sp³-hybridized carbons (Fsp3) is 0.789. The van der Waals surface area contributed by atoms with Crippen LogP contribution in [0.4, 0.5) is 0 Å². The van der Waals surface area contributed by atoms with Crippen LogP contribution in [0.1, 0.15) is 57.9 Å². The van der Waals surface area contributed by atoms with Crippen molar-refractivity contribution >= 4 is 5.96 Å². The topological polar surface area (TPSA) is 74.9 Å². The smallest absolute Gasteiger partial charge is 0.191 e. The summed E-state index contributed by atoms with van der Waals surface area (Å²) in [7, 11) is 1.78. The highest BCUT2D eigenvalue weighted by molar-refractivity contribution is 5.79. The van der Waals surface area contributed by atoms with Crippen LogP contribution in [-0.4, -0.2) is 61.5 Å². The van der Waals surface area contributed by atoms with E-state index in [2.05, 4.69) is 59.4 Å². The highest BCUT2D eigenvalue weighted by Crippen LogP contribution is 2.22. The lowest BCUT2D eigenvalue weighted by atomic mass is 9.99. The van der Waals surface area contributed by atoms with E-state index in [1.54, 1.807) is 7.05 Å². The molecular formula is C19H35N5O2. The number of nitrogens with one attached hydrogen (secondary N) is 2. The maximum atomic E-state index is 5.47. The molecule has 0 spiro atoms. The summed E-state index contributed by atoms with van der Waals surface area (Å²) in [4.78, 5) is 6.77. The van der Waals surface area contributed by atoms with Gasteiger partial charge in [0, 0.05) is 44.2 Å². The third-order valence-electron chi connectivity index (χ3n) is 5.19. The van der Waals surface area contributed by atoms with Crippen LogP contribution in [0.3, 0.4) is 0 Å². The van der Waals surface area contributed by atoms with E-state index in [0.717, 1.165) is 63.1 Å². The van der Waals surface area contributed by atoms with Gasteiger partial charge in [0.2, 0.25) is 0 Å². The number of hydrogen-bond acceptors (Lipinski definition) is 5. The van der Waals surface area contributed by atoms with Crippen LogP contribution in [0.15, 0.2) is 15.6 Å². The Kier molecular flexibility index (Phi) is 7.90. The van der Waals surface area contributed by atoms with Crippen LogP contribution in [0.5, 0.6) is 0 Å². The van der Waals surface area contributed by atoms with Crippen LogP contribution < -0.4 is 10.6 Å². The molecule has 2 rings (SSSR count). The summed E-state index contributed by atoms with van der Waals surface area (Å²) < 4.78 is 10.9. The van der Waals surface area contributed by atoms with E-state index in [0.29, 0.717) is 12.5 Å². The van der Waals surface area contributed by atoms with Crippen molar-refractivity contribution in [2.45, 2.75) is 58.5 Å². The van der Waals surface area contributed by atoms with Crippen molar-refractivity contribution in [2.24, 2.45) is 4.99 Å². The van der Waals surface area contributed by atoms with Crippen molar-refractivity contribution in [3.63, 3.8) is 0 Å². The fourth-order valence-corrected chi connectivity index (χ4v) is 3.28. The number of morpholine rings is 1. The Morgan fingerprint density at radius 3 is 2.58 bits per heavy atom. The van der Waals surface area contributed by atoms with E-state index in [4.69, 9.17) is 9.26 Å². The number of hydrogen-bond donors (Lipinski definition) is 2. The molecule has 7 nitrogen and oxygen atoms in total.